The highest BCUT2D eigenvalue weighted by Gasteiger charge is 2.05. The summed E-state index contributed by atoms with van der Waals surface area (Å²) in [7, 11) is 3.42. The Hall–Kier alpha value is -1.02. The van der Waals surface area contributed by atoms with Crippen molar-refractivity contribution in [3.05, 3.63) is 29.8 Å². The molecule has 0 amide bonds. The summed E-state index contributed by atoms with van der Waals surface area (Å²) in [5.41, 5.74) is 1.19. The van der Waals surface area contributed by atoms with Gasteiger partial charge in [-0.15, -0.1) is 24.0 Å². The van der Waals surface area contributed by atoms with E-state index < -0.39 is 0 Å². The van der Waals surface area contributed by atoms with Crippen LogP contribution in [0.25, 0.3) is 0 Å². The number of rotatable bonds is 7. The summed E-state index contributed by atoms with van der Waals surface area (Å²) in [5.74, 6) is 1.64. The molecular formula is C15H26IN3O2. The van der Waals surface area contributed by atoms with Crippen molar-refractivity contribution < 1.29 is 9.47 Å². The number of hydrogen-bond acceptors (Lipinski definition) is 3. The van der Waals surface area contributed by atoms with Crippen LogP contribution < -0.4 is 15.4 Å². The number of aryl methyl sites for hydroxylation is 1. The molecule has 1 unspecified atom stereocenters. The lowest BCUT2D eigenvalue weighted by Gasteiger charge is -2.18. The normalized spacial score (nSPS) is 12.3. The average Bonchev–Trinajstić information content (AvgIpc) is 2.42. The van der Waals surface area contributed by atoms with E-state index in [0.29, 0.717) is 13.2 Å². The van der Waals surface area contributed by atoms with Gasteiger partial charge in [-0.2, -0.15) is 0 Å². The molecule has 120 valence electrons. The third-order valence-corrected chi connectivity index (χ3v) is 2.71. The maximum atomic E-state index is 5.85. The van der Waals surface area contributed by atoms with E-state index in [0.717, 1.165) is 18.3 Å². The lowest BCUT2D eigenvalue weighted by atomic mass is 10.2. The molecule has 2 N–H and O–H groups in total. The first-order valence-corrected chi connectivity index (χ1v) is 6.82. The third-order valence-electron chi connectivity index (χ3n) is 2.71. The molecule has 0 aliphatic rings. The van der Waals surface area contributed by atoms with Gasteiger partial charge in [0.2, 0.25) is 0 Å². The molecule has 0 aliphatic heterocycles. The van der Waals surface area contributed by atoms with Crippen LogP contribution in [0.15, 0.2) is 29.3 Å². The van der Waals surface area contributed by atoms with Gasteiger partial charge < -0.3 is 20.1 Å². The predicted octanol–water partition coefficient (Wildman–Crippen LogP) is 2.19. The van der Waals surface area contributed by atoms with Gasteiger partial charge in [0, 0.05) is 20.7 Å². The number of hydrogen-bond donors (Lipinski definition) is 2. The minimum atomic E-state index is 0. The number of benzene rings is 1. The summed E-state index contributed by atoms with van der Waals surface area (Å²) < 4.78 is 10.8. The van der Waals surface area contributed by atoms with Crippen molar-refractivity contribution >= 4 is 29.9 Å². The summed E-state index contributed by atoms with van der Waals surface area (Å²) in [4.78, 5) is 4.14. The SMILES string of the molecule is CN=C(NCCOC)NCC(C)Oc1cccc(C)c1.I. The number of nitrogens with zero attached hydrogens (tertiary/aromatic N) is 1. The van der Waals surface area contributed by atoms with Gasteiger partial charge >= 0.3 is 0 Å². The average molecular weight is 407 g/mol. The lowest BCUT2D eigenvalue weighted by molar-refractivity contribution is 0.203. The van der Waals surface area contributed by atoms with E-state index in [9.17, 15) is 0 Å². The van der Waals surface area contributed by atoms with Crippen molar-refractivity contribution in [3.63, 3.8) is 0 Å². The highest BCUT2D eigenvalue weighted by atomic mass is 127. The van der Waals surface area contributed by atoms with Gasteiger partial charge in [0.1, 0.15) is 11.9 Å². The zero-order chi connectivity index (χ0) is 14.8. The molecule has 6 heteroatoms. The Balaban J connectivity index is 0.00000400. The molecular weight excluding hydrogens is 381 g/mol. The first kappa shape index (κ1) is 20.0. The number of guanidine groups is 1. The van der Waals surface area contributed by atoms with E-state index in [1.807, 2.05) is 25.1 Å². The number of halogens is 1. The zero-order valence-electron chi connectivity index (χ0n) is 13.2. The Labute approximate surface area is 144 Å². The fourth-order valence-corrected chi connectivity index (χ4v) is 1.70. The van der Waals surface area contributed by atoms with E-state index in [2.05, 4.69) is 28.6 Å². The van der Waals surface area contributed by atoms with Crippen molar-refractivity contribution in [3.8, 4) is 5.75 Å². The maximum Gasteiger partial charge on any atom is 0.191 e. The van der Waals surface area contributed by atoms with E-state index in [1.165, 1.54) is 5.56 Å². The van der Waals surface area contributed by atoms with Crippen molar-refractivity contribution in [2.45, 2.75) is 20.0 Å². The molecule has 0 heterocycles. The molecule has 0 saturated carbocycles. The van der Waals surface area contributed by atoms with Crippen LogP contribution in [0.5, 0.6) is 5.75 Å². The number of methoxy groups -OCH3 is 1. The Bertz CT molecular complexity index is 427. The van der Waals surface area contributed by atoms with Gasteiger partial charge in [0.05, 0.1) is 13.2 Å². The van der Waals surface area contributed by atoms with Gasteiger partial charge in [-0.1, -0.05) is 12.1 Å². The van der Waals surface area contributed by atoms with E-state index in [1.54, 1.807) is 14.2 Å². The smallest absolute Gasteiger partial charge is 0.191 e. The molecule has 0 radical (unpaired) electrons. The molecule has 5 nitrogen and oxygen atoms in total. The Morgan fingerprint density at radius 2 is 2.10 bits per heavy atom. The number of ether oxygens (including phenoxy) is 2. The Morgan fingerprint density at radius 1 is 1.33 bits per heavy atom. The van der Waals surface area contributed by atoms with Crippen LogP contribution in [0.1, 0.15) is 12.5 Å². The molecule has 21 heavy (non-hydrogen) atoms. The van der Waals surface area contributed by atoms with Gasteiger partial charge in [0.15, 0.2) is 5.96 Å². The summed E-state index contributed by atoms with van der Waals surface area (Å²) >= 11 is 0. The molecule has 1 aromatic carbocycles. The van der Waals surface area contributed by atoms with E-state index in [4.69, 9.17) is 9.47 Å². The molecule has 1 aromatic rings. The third kappa shape index (κ3) is 8.77. The minimum absolute atomic E-state index is 0. The van der Waals surface area contributed by atoms with Crippen LogP contribution in [-0.4, -0.2) is 45.9 Å². The van der Waals surface area contributed by atoms with Gasteiger partial charge in [0.25, 0.3) is 0 Å². The standard InChI is InChI=1S/C15H25N3O2.HI/c1-12-6-5-7-14(10-12)20-13(2)11-18-15(16-3)17-8-9-19-4;/h5-7,10,13H,8-9,11H2,1-4H3,(H2,16,17,18);1H. The van der Waals surface area contributed by atoms with E-state index in [-0.39, 0.29) is 30.1 Å². The Kier molecular flexibility index (Phi) is 11.1. The molecule has 0 aliphatic carbocycles. The molecule has 1 atom stereocenters. The van der Waals surface area contributed by atoms with Crippen molar-refractivity contribution in [1.82, 2.24) is 10.6 Å². The summed E-state index contributed by atoms with van der Waals surface area (Å²) in [6, 6.07) is 8.05. The van der Waals surface area contributed by atoms with E-state index >= 15 is 0 Å². The van der Waals surface area contributed by atoms with Crippen LogP contribution in [0, 0.1) is 6.92 Å². The minimum Gasteiger partial charge on any atom is -0.489 e. The van der Waals surface area contributed by atoms with Crippen LogP contribution in [0.4, 0.5) is 0 Å². The molecule has 0 spiro atoms. The quantitative estimate of drug-likeness (QED) is 0.315. The first-order chi connectivity index (χ1) is 9.65. The lowest BCUT2D eigenvalue weighted by Crippen LogP contribution is -2.42. The molecule has 0 fully saturated rings. The molecule has 1 rings (SSSR count). The van der Waals surface area contributed by atoms with Gasteiger partial charge in [-0.05, 0) is 31.5 Å². The Morgan fingerprint density at radius 3 is 2.71 bits per heavy atom. The number of aliphatic imine (C=N–C) groups is 1. The molecule has 0 bridgehead atoms. The molecule has 0 aromatic heterocycles. The van der Waals surface area contributed by atoms with Crippen LogP contribution in [0.2, 0.25) is 0 Å². The first-order valence-electron chi connectivity index (χ1n) is 6.82. The summed E-state index contributed by atoms with van der Waals surface area (Å²) in [6.07, 6.45) is 0.0535. The molecule has 0 saturated heterocycles. The van der Waals surface area contributed by atoms with Crippen molar-refractivity contribution in [2.75, 3.05) is 33.9 Å². The van der Waals surface area contributed by atoms with Gasteiger partial charge in [-0.3, -0.25) is 4.99 Å². The summed E-state index contributed by atoms with van der Waals surface area (Å²) in [5, 5.41) is 6.38. The topological polar surface area (TPSA) is 54.9 Å². The largest absolute Gasteiger partial charge is 0.489 e. The number of nitrogens with one attached hydrogen (secondary N) is 2. The zero-order valence-corrected chi connectivity index (χ0v) is 15.5. The fourth-order valence-electron chi connectivity index (χ4n) is 1.70. The second-order valence-corrected chi connectivity index (χ2v) is 4.62. The van der Waals surface area contributed by atoms with Gasteiger partial charge in [-0.25, -0.2) is 0 Å². The second-order valence-electron chi connectivity index (χ2n) is 4.62. The van der Waals surface area contributed by atoms with Crippen molar-refractivity contribution in [2.24, 2.45) is 4.99 Å². The van der Waals surface area contributed by atoms with Crippen LogP contribution in [0.3, 0.4) is 0 Å². The fraction of sp³-hybridized carbons (Fsp3) is 0.533. The maximum absolute atomic E-state index is 5.85. The van der Waals surface area contributed by atoms with Crippen LogP contribution >= 0.6 is 24.0 Å². The highest BCUT2D eigenvalue weighted by Crippen LogP contribution is 2.13. The predicted molar refractivity (Wildman–Crippen MR) is 97.9 cm³/mol. The monoisotopic (exact) mass is 407 g/mol. The second kappa shape index (κ2) is 11.6. The van der Waals surface area contributed by atoms with Crippen LogP contribution in [-0.2, 0) is 4.74 Å². The van der Waals surface area contributed by atoms with Crippen molar-refractivity contribution in [1.29, 1.82) is 0 Å². The summed E-state index contributed by atoms with van der Waals surface area (Å²) in [6.45, 7) is 6.13. The highest BCUT2D eigenvalue weighted by molar-refractivity contribution is 14.0.